The summed E-state index contributed by atoms with van der Waals surface area (Å²) in [6.45, 7) is 0.304. The van der Waals surface area contributed by atoms with E-state index in [0.717, 1.165) is 0 Å². The molecule has 0 radical (unpaired) electrons. The van der Waals surface area contributed by atoms with Gasteiger partial charge in [0.1, 0.15) is 5.82 Å². The summed E-state index contributed by atoms with van der Waals surface area (Å²) in [5.74, 6) is -0.607. The van der Waals surface area contributed by atoms with E-state index in [0.29, 0.717) is 10.6 Å². The van der Waals surface area contributed by atoms with Crippen molar-refractivity contribution >= 4 is 29.9 Å². The minimum absolute atomic E-state index is 0. The molecule has 0 atom stereocenters. The lowest BCUT2D eigenvalue weighted by molar-refractivity contribution is -0.120. The molecule has 0 saturated heterocycles. The number of benzene rings is 1. The first-order valence-electron chi connectivity index (χ1n) is 4.49. The maximum Gasteiger partial charge on any atom is 0.234 e. The number of hydrogen-bond donors (Lipinski definition) is 2. The summed E-state index contributed by atoms with van der Waals surface area (Å²) < 4.78 is 13.2. The summed E-state index contributed by atoms with van der Waals surface area (Å²) >= 11 is 5.78. The summed E-state index contributed by atoms with van der Waals surface area (Å²) in [5.41, 5.74) is 0.309. The molecule has 0 aliphatic rings. The Kier molecular flexibility index (Phi) is 7.05. The average Bonchev–Trinajstić information content (AvgIpc) is 2.17. The zero-order valence-electron chi connectivity index (χ0n) is 8.72. The fourth-order valence-corrected chi connectivity index (χ4v) is 1.34. The monoisotopic (exact) mass is 266 g/mol. The van der Waals surface area contributed by atoms with E-state index in [1.807, 2.05) is 0 Å². The maximum atomic E-state index is 13.2. The van der Waals surface area contributed by atoms with Crippen LogP contribution >= 0.6 is 24.0 Å². The summed E-state index contributed by atoms with van der Waals surface area (Å²) in [4.78, 5) is 11.1. The second kappa shape index (κ2) is 7.44. The molecule has 6 heteroatoms. The van der Waals surface area contributed by atoms with Crippen LogP contribution in [0.4, 0.5) is 4.39 Å². The van der Waals surface area contributed by atoms with Crippen LogP contribution in [0, 0.1) is 5.82 Å². The van der Waals surface area contributed by atoms with E-state index in [2.05, 4.69) is 10.6 Å². The quantitative estimate of drug-likeness (QED) is 0.872. The van der Waals surface area contributed by atoms with Crippen LogP contribution < -0.4 is 10.6 Å². The molecular formula is C10H13Cl2FN2O. The van der Waals surface area contributed by atoms with E-state index in [1.165, 1.54) is 12.1 Å². The number of likely N-dealkylation sites (N-methyl/N-ethyl adjacent to an activating group) is 1. The van der Waals surface area contributed by atoms with Crippen LogP contribution in [0.2, 0.25) is 5.02 Å². The third kappa shape index (κ3) is 4.35. The van der Waals surface area contributed by atoms with Gasteiger partial charge >= 0.3 is 0 Å². The highest BCUT2D eigenvalue weighted by molar-refractivity contribution is 6.31. The van der Waals surface area contributed by atoms with Crippen LogP contribution in [-0.2, 0) is 11.3 Å². The molecule has 1 amide bonds. The van der Waals surface area contributed by atoms with E-state index >= 15 is 0 Å². The van der Waals surface area contributed by atoms with Gasteiger partial charge in [-0.3, -0.25) is 4.79 Å². The minimum atomic E-state index is -0.410. The standard InChI is InChI=1S/C10H12ClFN2O.ClH/c1-13-6-10(15)14-5-7-8(11)3-2-4-9(7)12;/h2-4,13H,5-6H2,1H3,(H,14,15);1H. The number of amides is 1. The molecule has 0 aliphatic carbocycles. The van der Waals surface area contributed by atoms with Gasteiger partial charge in [-0.15, -0.1) is 12.4 Å². The van der Waals surface area contributed by atoms with Crippen molar-refractivity contribution in [3.63, 3.8) is 0 Å². The molecule has 1 aromatic rings. The van der Waals surface area contributed by atoms with Crippen LogP contribution in [0.3, 0.4) is 0 Å². The molecule has 0 aliphatic heterocycles. The number of carbonyl (C=O) groups excluding carboxylic acids is 1. The SMILES string of the molecule is CNCC(=O)NCc1c(F)cccc1Cl.Cl. The Balaban J connectivity index is 0.00000225. The van der Waals surface area contributed by atoms with Gasteiger partial charge in [-0.25, -0.2) is 4.39 Å². The highest BCUT2D eigenvalue weighted by Gasteiger charge is 2.07. The van der Waals surface area contributed by atoms with Gasteiger partial charge in [-0.1, -0.05) is 17.7 Å². The Labute approximate surface area is 105 Å². The molecule has 0 heterocycles. The molecule has 90 valence electrons. The van der Waals surface area contributed by atoms with Gasteiger partial charge in [-0.2, -0.15) is 0 Å². The predicted molar refractivity (Wildman–Crippen MR) is 64.4 cm³/mol. The van der Waals surface area contributed by atoms with Gasteiger partial charge in [0.2, 0.25) is 5.91 Å². The maximum absolute atomic E-state index is 13.2. The van der Waals surface area contributed by atoms with Crippen molar-refractivity contribution in [3.8, 4) is 0 Å². The number of rotatable bonds is 4. The molecular weight excluding hydrogens is 254 g/mol. The molecule has 1 aromatic carbocycles. The predicted octanol–water partition coefficient (Wildman–Crippen LogP) is 1.74. The van der Waals surface area contributed by atoms with Crippen LogP contribution in [0.1, 0.15) is 5.56 Å². The first-order chi connectivity index (χ1) is 7.15. The van der Waals surface area contributed by atoms with Crippen LogP contribution in [0.5, 0.6) is 0 Å². The van der Waals surface area contributed by atoms with Gasteiger partial charge in [0.05, 0.1) is 6.54 Å². The smallest absolute Gasteiger partial charge is 0.234 e. The molecule has 3 nitrogen and oxygen atoms in total. The van der Waals surface area contributed by atoms with Crippen molar-refractivity contribution in [3.05, 3.63) is 34.6 Å². The zero-order valence-corrected chi connectivity index (χ0v) is 10.3. The molecule has 16 heavy (non-hydrogen) atoms. The normalized spacial score (nSPS) is 9.44. The fraction of sp³-hybridized carbons (Fsp3) is 0.300. The van der Waals surface area contributed by atoms with Crippen molar-refractivity contribution < 1.29 is 9.18 Å². The van der Waals surface area contributed by atoms with Gasteiger partial charge in [-0.05, 0) is 19.2 Å². The highest BCUT2D eigenvalue weighted by Crippen LogP contribution is 2.18. The molecule has 0 saturated carbocycles. The third-order valence-electron chi connectivity index (χ3n) is 1.86. The first-order valence-corrected chi connectivity index (χ1v) is 4.87. The second-order valence-corrected chi connectivity index (χ2v) is 3.41. The summed E-state index contributed by atoms with van der Waals surface area (Å²) in [6, 6.07) is 4.42. The molecule has 0 spiro atoms. The lowest BCUT2D eigenvalue weighted by Gasteiger charge is -2.07. The lowest BCUT2D eigenvalue weighted by atomic mass is 10.2. The van der Waals surface area contributed by atoms with Crippen LogP contribution in [0.15, 0.2) is 18.2 Å². The van der Waals surface area contributed by atoms with Crippen molar-refractivity contribution in [2.24, 2.45) is 0 Å². The second-order valence-electron chi connectivity index (χ2n) is 3.01. The number of hydrogen-bond acceptors (Lipinski definition) is 2. The van der Waals surface area contributed by atoms with E-state index < -0.39 is 5.82 Å². The Bertz CT molecular complexity index is 340. The fourth-order valence-electron chi connectivity index (χ4n) is 1.11. The van der Waals surface area contributed by atoms with E-state index in [-0.39, 0.29) is 31.4 Å². The van der Waals surface area contributed by atoms with Crippen molar-refractivity contribution in [2.75, 3.05) is 13.6 Å². The van der Waals surface area contributed by atoms with Crippen molar-refractivity contribution in [2.45, 2.75) is 6.54 Å². The molecule has 0 unspecified atom stereocenters. The van der Waals surface area contributed by atoms with Gasteiger partial charge in [0.25, 0.3) is 0 Å². The zero-order chi connectivity index (χ0) is 11.3. The van der Waals surface area contributed by atoms with E-state index in [1.54, 1.807) is 13.1 Å². The van der Waals surface area contributed by atoms with Gasteiger partial charge in [0, 0.05) is 17.1 Å². The third-order valence-corrected chi connectivity index (χ3v) is 2.22. The van der Waals surface area contributed by atoms with Gasteiger partial charge < -0.3 is 10.6 Å². The Morgan fingerprint density at radius 3 is 2.75 bits per heavy atom. The Hall–Kier alpha value is -0.840. The van der Waals surface area contributed by atoms with Crippen LogP contribution in [0.25, 0.3) is 0 Å². The molecule has 2 N–H and O–H groups in total. The Morgan fingerprint density at radius 2 is 2.19 bits per heavy atom. The molecule has 0 fully saturated rings. The molecule has 1 rings (SSSR count). The first kappa shape index (κ1) is 15.2. The Morgan fingerprint density at radius 1 is 1.50 bits per heavy atom. The topological polar surface area (TPSA) is 41.1 Å². The summed E-state index contributed by atoms with van der Waals surface area (Å²) in [5, 5.41) is 5.57. The minimum Gasteiger partial charge on any atom is -0.351 e. The number of nitrogens with one attached hydrogen (secondary N) is 2. The lowest BCUT2D eigenvalue weighted by Crippen LogP contribution is -2.31. The van der Waals surface area contributed by atoms with Crippen molar-refractivity contribution in [1.82, 2.24) is 10.6 Å². The van der Waals surface area contributed by atoms with E-state index in [4.69, 9.17) is 11.6 Å². The average molecular weight is 267 g/mol. The van der Waals surface area contributed by atoms with Crippen molar-refractivity contribution in [1.29, 1.82) is 0 Å². The number of carbonyl (C=O) groups is 1. The summed E-state index contributed by atoms with van der Waals surface area (Å²) in [6.07, 6.45) is 0. The molecule has 0 bridgehead atoms. The largest absolute Gasteiger partial charge is 0.351 e. The summed E-state index contributed by atoms with van der Waals surface area (Å²) in [7, 11) is 1.66. The van der Waals surface area contributed by atoms with Crippen LogP contribution in [-0.4, -0.2) is 19.5 Å². The molecule has 0 aromatic heterocycles. The van der Waals surface area contributed by atoms with E-state index in [9.17, 15) is 9.18 Å². The van der Waals surface area contributed by atoms with Gasteiger partial charge in [0.15, 0.2) is 0 Å². The number of halogens is 3. The highest BCUT2D eigenvalue weighted by atomic mass is 35.5.